The number of aryl methyl sites for hydroxylation is 2. The highest BCUT2D eigenvalue weighted by Gasteiger charge is 2.08. The average Bonchev–Trinajstić information content (AvgIpc) is 2.59. The summed E-state index contributed by atoms with van der Waals surface area (Å²) in [4.78, 5) is 15.2. The van der Waals surface area contributed by atoms with Crippen LogP contribution in [0.15, 0.2) is 24.4 Å². The van der Waals surface area contributed by atoms with Crippen LogP contribution in [0.2, 0.25) is 0 Å². The van der Waals surface area contributed by atoms with Crippen molar-refractivity contribution in [1.82, 2.24) is 9.55 Å². The normalized spacial score (nSPS) is 10.5. The molecule has 0 spiro atoms. The predicted octanol–water partition coefficient (Wildman–Crippen LogP) is 2.67. The Bertz CT molecular complexity index is 538. The standard InChI is InChI=1S/C14H16N2O/c1-10-4-5-14(15-7-10)8-16-11(2)6-13(9-17)12(16)3/h4-7,9H,8H2,1-3H3. The summed E-state index contributed by atoms with van der Waals surface area (Å²) in [6, 6.07) is 5.99. The summed E-state index contributed by atoms with van der Waals surface area (Å²) in [5, 5.41) is 0. The number of nitrogens with zero attached hydrogens (tertiary/aromatic N) is 2. The van der Waals surface area contributed by atoms with Gasteiger partial charge in [-0.15, -0.1) is 0 Å². The highest BCUT2D eigenvalue weighted by molar-refractivity contribution is 5.77. The van der Waals surface area contributed by atoms with Gasteiger partial charge in [0.2, 0.25) is 0 Å². The van der Waals surface area contributed by atoms with E-state index in [9.17, 15) is 4.79 Å². The lowest BCUT2D eigenvalue weighted by Gasteiger charge is -2.09. The van der Waals surface area contributed by atoms with Crippen LogP contribution in [0.3, 0.4) is 0 Å². The van der Waals surface area contributed by atoms with Gasteiger partial charge in [-0.2, -0.15) is 0 Å². The summed E-state index contributed by atoms with van der Waals surface area (Å²) in [7, 11) is 0. The minimum Gasteiger partial charge on any atom is -0.343 e. The minimum atomic E-state index is 0.714. The van der Waals surface area contributed by atoms with Crippen LogP contribution in [0, 0.1) is 20.8 Å². The zero-order valence-electron chi connectivity index (χ0n) is 10.4. The SMILES string of the molecule is Cc1ccc(Cn2c(C)cc(C=O)c2C)nc1. The molecule has 0 fully saturated rings. The minimum absolute atomic E-state index is 0.714. The zero-order valence-corrected chi connectivity index (χ0v) is 10.4. The quantitative estimate of drug-likeness (QED) is 0.757. The van der Waals surface area contributed by atoms with E-state index in [1.807, 2.05) is 39.1 Å². The third kappa shape index (κ3) is 2.28. The van der Waals surface area contributed by atoms with E-state index >= 15 is 0 Å². The van der Waals surface area contributed by atoms with Gasteiger partial charge in [-0.05, 0) is 38.5 Å². The Labute approximate surface area is 101 Å². The summed E-state index contributed by atoms with van der Waals surface area (Å²) >= 11 is 0. The van der Waals surface area contributed by atoms with Crippen LogP contribution >= 0.6 is 0 Å². The number of aromatic nitrogens is 2. The summed E-state index contributed by atoms with van der Waals surface area (Å²) in [6.45, 7) is 6.71. The Morgan fingerprint density at radius 1 is 1.29 bits per heavy atom. The highest BCUT2D eigenvalue weighted by Crippen LogP contribution is 2.14. The Morgan fingerprint density at radius 2 is 2.06 bits per heavy atom. The van der Waals surface area contributed by atoms with Crippen molar-refractivity contribution < 1.29 is 4.79 Å². The molecule has 3 heteroatoms. The molecule has 0 aliphatic heterocycles. The second kappa shape index (κ2) is 4.53. The lowest BCUT2D eigenvalue weighted by molar-refractivity contribution is 0.112. The molecule has 2 heterocycles. The molecular weight excluding hydrogens is 212 g/mol. The van der Waals surface area contributed by atoms with Gasteiger partial charge in [0.1, 0.15) is 0 Å². The van der Waals surface area contributed by atoms with Crippen LogP contribution in [0.4, 0.5) is 0 Å². The number of hydrogen-bond donors (Lipinski definition) is 0. The van der Waals surface area contributed by atoms with Crippen molar-refractivity contribution in [2.75, 3.05) is 0 Å². The van der Waals surface area contributed by atoms with Crippen LogP contribution in [-0.2, 0) is 6.54 Å². The molecule has 0 saturated heterocycles. The summed E-state index contributed by atoms with van der Waals surface area (Å²) in [6.07, 6.45) is 2.77. The largest absolute Gasteiger partial charge is 0.343 e. The van der Waals surface area contributed by atoms with Crippen molar-refractivity contribution in [3.8, 4) is 0 Å². The molecule has 2 aromatic heterocycles. The molecule has 0 N–H and O–H groups in total. The van der Waals surface area contributed by atoms with E-state index in [0.29, 0.717) is 6.54 Å². The van der Waals surface area contributed by atoms with Gasteiger partial charge in [-0.1, -0.05) is 6.07 Å². The summed E-state index contributed by atoms with van der Waals surface area (Å²) < 4.78 is 2.11. The van der Waals surface area contributed by atoms with Crippen molar-refractivity contribution >= 4 is 6.29 Å². The van der Waals surface area contributed by atoms with E-state index in [2.05, 4.69) is 15.6 Å². The fraction of sp³-hybridized carbons (Fsp3) is 0.286. The van der Waals surface area contributed by atoms with Crippen molar-refractivity contribution in [2.45, 2.75) is 27.3 Å². The van der Waals surface area contributed by atoms with Crippen molar-refractivity contribution in [3.05, 3.63) is 52.6 Å². The number of rotatable bonds is 3. The van der Waals surface area contributed by atoms with Gasteiger partial charge in [0, 0.05) is 23.1 Å². The molecule has 0 bridgehead atoms. The van der Waals surface area contributed by atoms with Crippen LogP contribution in [-0.4, -0.2) is 15.8 Å². The maximum atomic E-state index is 10.9. The van der Waals surface area contributed by atoms with E-state index < -0.39 is 0 Å². The van der Waals surface area contributed by atoms with Crippen LogP contribution in [0.1, 0.15) is 33.0 Å². The van der Waals surface area contributed by atoms with Gasteiger partial charge >= 0.3 is 0 Å². The van der Waals surface area contributed by atoms with E-state index in [0.717, 1.165) is 34.5 Å². The monoisotopic (exact) mass is 228 g/mol. The highest BCUT2D eigenvalue weighted by atomic mass is 16.1. The van der Waals surface area contributed by atoms with Crippen molar-refractivity contribution in [1.29, 1.82) is 0 Å². The van der Waals surface area contributed by atoms with Gasteiger partial charge in [-0.25, -0.2) is 0 Å². The molecule has 0 aromatic carbocycles. The fourth-order valence-corrected chi connectivity index (χ4v) is 1.94. The van der Waals surface area contributed by atoms with Gasteiger partial charge in [-0.3, -0.25) is 9.78 Å². The number of aldehydes is 1. The summed E-state index contributed by atoms with van der Waals surface area (Å²) in [5.41, 5.74) is 5.01. The molecule has 0 atom stereocenters. The molecule has 2 rings (SSSR count). The molecule has 0 aliphatic rings. The molecule has 0 radical (unpaired) electrons. The topological polar surface area (TPSA) is 34.9 Å². The third-order valence-corrected chi connectivity index (χ3v) is 3.03. The third-order valence-electron chi connectivity index (χ3n) is 3.03. The molecule has 3 nitrogen and oxygen atoms in total. The zero-order chi connectivity index (χ0) is 12.4. The van der Waals surface area contributed by atoms with Crippen LogP contribution < -0.4 is 0 Å². The number of pyridine rings is 1. The smallest absolute Gasteiger partial charge is 0.151 e. The second-order valence-electron chi connectivity index (χ2n) is 4.36. The van der Waals surface area contributed by atoms with E-state index in [1.165, 1.54) is 0 Å². The Morgan fingerprint density at radius 3 is 2.59 bits per heavy atom. The van der Waals surface area contributed by atoms with E-state index in [1.54, 1.807) is 0 Å². The average molecular weight is 228 g/mol. The lowest BCUT2D eigenvalue weighted by Crippen LogP contribution is -2.05. The number of carbonyl (C=O) groups is 1. The lowest BCUT2D eigenvalue weighted by atomic mass is 10.2. The predicted molar refractivity (Wildman–Crippen MR) is 67.4 cm³/mol. The van der Waals surface area contributed by atoms with Crippen LogP contribution in [0.25, 0.3) is 0 Å². The molecule has 0 saturated carbocycles. The first-order valence-electron chi connectivity index (χ1n) is 5.65. The molecular formula is C14H16N2O. The van der Waals surface area contributed by atoms with Gasteiger partial charge in [0.15, 0.2) is 6.29 Å². The first-order chi connectivity index (χ1) is 8.11. The molecule has 88 valence electrons. The van der Waals surface area contributed by atoms with Crippen LogP contribution in [0.5, 0.6) is 0 Å². The Kier molecular flexibility index (Phi) is 3.09. The number of carbonyl (C=O) groups excluding carboxylic acids is 1. The molecule has 2 aromatic rings. The summed E-state index contributed by atoms with van der Waals surface area (Å²) in [5.74, 6) is 0. The molecule has 17 heavy (non-hydrogen) atoms. The van der Waals surface area contributed by atoms with Gasteiger partial charge < -0.3 is 4.57 Å². The Hall–Kier alpha value is -1.90. The van der Waals surface area contributed by atoms with Crippen molar-refractivity contribution in [3.63, 3.8) is 0 Å². The van der Waals surface area contributed by atoms with E-state index in [-0.39, 0.29) is 0 Å². The van der Waals surface area contributed by atoms with E-state index in [4.69, 9.17) is 0 Å². The van der Waals surface area contributed by atoms with Gasteiger partial charge in [0.05, 0.1) is 12.2 Å². The fourth-order valence-electron chi connectivity index (χ4n) is 1.94. The first-order valence-corrected chi connectivity index (χ1v) is 5.65. The molecule has 0 amide bonds. The maximum absolute atomic E-state index is 10.9. The molecule has 0 unspecified atom stereocenters. The second-order valence-corrected chi connectivity index (χ2v) is 4.36. The first kappa shape index (κ1) is 11.6. The maximum Gasteiger partial charge on any atom is 0.151 e. The Balaban J connectivity index is 2.32. The van der Waals surface area contributed by atoms with Crippen molar-refractivity contribution in [2.24, 2.45) is 0 Å². The van der Waals surface area contributed by atoms with Gasteiger partial charge in [0.25, 0.3) is 0 Å². The number of hydrogen-bond acceptors (Lipinski definition) is 2. The molecule has 0 aliphatic carbocycles.